The van der Waals surface area contributed by atoms with Crippen LogP contribution in [0.4, 0.5) is 11.4 Å². The molecule has 10 heteroatoms. The number of rotatable bonds is 7. The van der Waals surface area contributed by atoms with Crippen LogP contribution in [0.5, 0.6) is 5.75 Å². The highest BCUT2D eigenvalue weighted by molar-refractivity contribution is 7.92. The standard InChI is InChI=1S/C21H17Cl3N2O4S/c1-30-16-9-11-17(12-10-16)31(28,29)26(15-7-5-14(22)6-8-15)13-20(27)25-21-18(23)3-2-4-19(21)24/h2-12H,13H2,1H3,(H,25,27). The van der Waals surface area contributed by atoms with Crippen LogP contribution in [0.3, 0.4) is 0 Å². The molecule has 31 heavy (non-hydrogen) atoms. The molecule has 0 spiro atoms. The van der Waals surface area contributed by atoms with Gasteiger partial charge in [0.2, 0.25) is 5.91 Å². The topological polar surface area (TPSA) is 75.7 Å². The number of para-hydroxylation sites is 1. The first-order chi connectivity index (χ1) is 14.7. The Hall–Kier alpha value is -2.45. The number of anilines is 2. The van der Waals surface area contributed by atoms with Gasteiger partial charge in [0.15, 0.2) is 0 Å². The van der Waals surface area contributed by atoms with E-state index in [0.29, 0.717) is 10.8 Å². The van der Waals surface area contributed by atoms with Crippen LogP contribution in [0.2, 0.25) is 15.1 Å². The second kappa shape index (κ2) is 9.78. The molecule has 162 valence electrons. The first-order valence-electron chi connectivity index (χ1n) is 8.88. The number of halogens is 3. The maximum absolute atomic E-state index is 13.4. The number of hydrogen-bond donors (Lipinski definition) is 1. The van der Waals surface area contributed by atoms with Gasteiger partial charge >= 0.3 is 0 Å². The quantitative estimate of drug-likeness (QED) is 0.466. The number of hydrogen-bond acceptors (Lipinski definition) is 4. The van der Waals surface area contributed by atoms with Crippen molar-refractivity contribution in [3.8, 4) is 5.75 Å². The first kappa shape index (κ1) is 23.2. The highest BCUT2D eigenvalue weighted by Gasteiger charge is 2.27. The van der Waals surface area contributed by atoms with E-state index in [0.717, 1.165) is 4.31 Å². The van der Waals surface area contributed by atoms with Crippen LogP contribution < -0.4 is 14.4 Å². The maximum atomic E-state index is 13.4. The molecule has 3 rings (SSSR count). The summed E-state index contributed by atoms with van der Waals surface area (Å²) in [6.45, 7) is -0.516. The molecule has 6 nitrogen and oxygen atoms in total. The third-order valence-electron chi connectivity index (χ3n) is 4.28. The van der Waals surface area contributed by atoms with Gasteiger partial charge in [0.05, 0.1) is 33.4 Å². The lowest BCUT2D eigenvalue weighted by atomic mass is 10.3. The first-order valence-corrected chi connectivity index (χ1v) is 11.5. The van der Waals surface area contributed by atoms with Crippen LogP contribution in [0.15, 0.2) is 71.6 Å². The summed E-state index contributed by atoms with van der Waals surface area (Å²) in [5, 5.41) is 3.47. The van der Waals surface area contributed by atoms with E-state index >= 15 is 0 Å². The number of benzene rings is 3. The molecular formula is C21H17Cl3N2O4S. The fourth-order valence-electron chi connectivity index (χ4n) is 2.72. The molecule has 0 radical (unpaired) electrons. The molecule has 0 aliphatic rings. The minimum atomic E-state index is -4.09. The lowest BCUT2D eigenvalue weighted by Crippen LogP contribution is -2.38. The van der Waals surface area contributed by atoms with Crippen molar-refractivity contribution >= 4 is 62.1 Å². The molecule has 0 bridgehead atoms. The lowest BCUT2D eigenvalue weighted by molar-refractivity contribution is -0.114. The third-order valence-corrected chi connectivity index (χ3v) is 6.95. The highest BCUT2D eigenvalue weighted by atomic mass is 35.5. The van der Waals surface area contributed by atoms with Crippen LogP contribution in [-0.4, -0.2) is 28.0 Å². The van der Waals surface area contributed by atoms with Crippen LogP contribution >= 0.6 is 34.8 Å². The van der Waals surface area contributed by atoms with Gasteiger partial charge in [-0.3, -0.25) is 9.10 Å². The fourth-order valence-corrected chi connectivity index (χ4v) is 4.76. The number of carbonyl (C=O) groups is 1. The minimum Gasteiger partial charge on any atom is -0.497 e. The Bertz CT molecular complexity index is 1160. The second-order valence-corrected chi connectivity index (χ2v) is 9.42. The van der Waals surface area contributed by atoms with E-state index in [-0.39, 0.29) is 26.3 Å². The smallest absolute Gasteiger partial charge is 0.264 e. The van der Waals surface area contributed by atoms with E-state index < -0.39 is 22.5 Å². The normalized spacial score (nSPS) is 11.1. The third kappa shape index (κ3) is 5.43. The predicted octanol–water partition coefficient (Wildman–Crippen LogP) is 5.49. The molecule has 0 aliphatic heterocycles. The molecule has 0 aromatic heterocycles. The Morgan fingerprint density at radius 3 is 2.06 bits per heavy atom. The molecular weight excluding hydrogens is 483 g/mol. The van der Waals surface area contributed by atoms with Gasteiger partial charge in [-0.15, -0.1) is 0 Å². The van der Waals surface area contributed by atoms with E-state index in [2.05, 4.69) is 5.32 Å². The molecule has 0 saturated heterocycles. The average molecular weight is 500 g/mol. The number of nitrogens with zero attached hydrogens (tertiary/aromatic N) is 1. The molecule has 0 unspecified atom stereocenters. The number of sulfonamides is 1. The molecule has 0 fully saturated rings. The van der Waals surface area contributed by atoms with Crippen LogP contribution in [-0.2, 0) is 14.8 Å². The largest absolute Gasteiger partial charge is 0.497 e. The molecule has 0 saturated carbocycles. The Kier molecular flexibility index (Phi) is 7.33. The Morgan fingerprint density at radius 2 is 1.52 bits per heavy atom. The van der Waals surface area contributed by atoms with E-state index in [1.165, 1.54) is 55.6 Å². The van der Waals surface area contributed by atoms with Gasteiger partial charge in [-0.1, -0.05) is 40.9 Å². The molecule has 0 heterocycles. The van der Waals surface area contributed by atoms with Crippen LogP contribution in [0.1, 0.15) is 0 Å². The average Bonchev–Trinajstić information content (AvgIpc) is 2.75. The van der Waals surface area contributed by atoms with Crippen LogP contribution in [0, 0.1) is 0 Å². The number of ether oxygens (including phenoxy) is 1. The number of methoxy groups -OCH3 is 1. The van der Waals surface area contributed by atoms with Gasteiger partial charge in [0.25, 0.3) is 10.0 Å². The van der Waals surface area contributed by atoms with E-state index in [1.807, 2.05) is 0 Å². The maximum Gasteiger partial charge on any atom is 0.264 e. The van der Waals surface area contributed by atoms with Gasteiger partial charge < -0.3 is 10.1 Å². The van der Waals surface area contributed by atoms with Crippen molar-refractivity contribution in [1.29, 1.82) is 0 Å². The van der Waals surface area contributed by atoms with Gasteiger partial charge in [-0.05, 0) is 60.7 Å². The van der Waals surface area contributed by atoms with E-state index in [9.17, 15) is 13.2 Å². The summed E-state index contributed by atoms with van der Waals surface area (Å²) >= 11 is 18.1. The Labute approximate surface area is 195 Å². The Morgan fingerprint density at radius 1 is 0.935 bits per heavy atom. The zero-order chi connectivity index (χ0) is 22.6. The van der Waals surface area contributed by atoms with E-state index in [4.69, 9.17) is 39.5 Å². The zero-order valence-corrected chi connectivity index (χ0v) is 19.3. The number of nitrogens with one attached hydrogen (secondary N) is 1. The van der Waals surface area contributed by atoms with Gasteiger partial charge in [0, 0.05) is 5.02 Å². The number of carbonyl (C=O) groups excluding carboxylic acids is 1. The SMILES string of the molecule is COc1ccc(S(=O)(=O)N(CC(=O)Nc2c(Cl)cccc2Cl)c2ccc(Cl)cc2)cc1. The summed E-state index contributed by atoms with van der Waals surface area (Å²) < 4.78 is 32.8. The van der Waals surface area contributed by atoms with Crippen molar-refractivity contribution in [2.24, 2.45) is 0 Å². The second-order valence-electron chi connectivity index (χ2n) is 6.31. The monoisotopic (exact) mass is 498 g/mol. The lowest BCUT2D eigenvalue weighted by Gasteiger charge is -2.24. The number of amides is 1. The van der Waals surface area contributed by atoms with Gasteiger partial charge in [-0.25, -0.2) is 8.42 Å². The fraction of sp³-hybridized carbons (Fsp3) is 0.0952. The Balaban J connectivity index is 1.96. The summed E-state index contributed by atoms with van der Waals surface area (Å²) in [7, 11) is -2.61. The van der Waals surface area contributed by atoms with Crippen molar-refractivity contribution in [1.82, 2.24) is 0 Å². The highest BCUT2D eigenvalue weighted by Crippen LogP contribution is 2.31. The van der Waals surface area contributed by atoms with Crippen molar-refractivity contribution in [3.05, 3.63) is 81.8 Å². The van der Waals surface area contributed by atoms with E-state index in [1.54, 1.807) is 18.2 Å². The summed E-state index contributed by atoms with van der Waals surface area (Å²) in [6.07, 6.45) is 0. The van der Waals surface area contributed by atoms with Crippen molar-refractivity contribution in [3.63, 3.8) is 0 Å². The van der Waals surface area contributed by atoms with Crippen molar-refractivity contribution in [2.75, 3.05) is 23.3 Å². The minimum absolute atomic E-state index is 0.00757. The summed E-state index contributed by atoms with van der Waals surface area (Å²) in [6, 6.07) is 16.7. The van der Waals surface area contributed by atoms with Gasteiger partial charge in [-0.2, -0.15) is 0 Å². The van der Waals surface area contributed by atoms with Crippen LogP contribution in [0.25, 0.3) is 0 Å². The molecule has 3 aromatic carbocycles. The summed E-state index contributed by atoms with van der Waals surface area (Å²) in [5.74, 6) is -0.120. The van der Waals surface area contributed by atoms with Gasteiger partial charge in [0.1, 0.15) is 12.3 Å². The molecule has 1 N–H and O–H groups in total. The molecule has 0 atom stereocenters. The molecule has 1 amide bonds. The zero-order valence-electron chi connectivity index (χ0n) is 16.2. The summed E-state index contributed by atoms with van der Waals surface area (Å²) in [4.78, 5) is 12.8. The molecule has 0 aliphatic carbocycles. The molecule has 3 aromatic rings. The predicted molar refractivity (Wildman–Crippen MR) is 124 cm³/mol. The van der Waals surface area contributed by atoms with Crippen molar-refractivity contribution in [2.45, 2.75) is 4.90 Å². The van der Waals surface area contributed by atoms with Crippen molar-refractivity contribution < 1.29 is 17.9 Å². The summed E-state index contributed by atoms with van der Waals surface area (Å²) in [5.41, 5.74) is 0.467.